The molecule has 0 aliphatic rings. The Morgan fingerprint density at radius 2 is 1.92 bits per heavy atom. The van der Waals surface area contributed by atoms with Crippen LogP contribution < -0.4 is 10.5 Å². The van der Waals surface area contributed by atoms with E-state index in [0.29, 0.717) is 11.3 Å². The molecule has 0 saturated carbocycles. The lowest BCUT2D eigenvalue weighted by Crippen LogP contribution is -2.15. The Kier molecular flexibility index (Phi) is 5.70. The maximum Gasteiger partial charge on any atom is 0.340 e. The zero-order valence-corrected chi connectivity index (χ0v) is 14.1. The van der Waals surface area contributed by atoms with E-state index in [1.54, 1.807) is 0 Å². The molecule has 0 amide bonds. The number of nitrogens with two attached hydrogens (primary N) is 1. The highest BCUT2D eigenvalue weighted by Crippen LogP contribution is 2.21. The number of carbonyl (C=O) groups excluding carboxylic acids is 1. The highest BCUT2D eigenvalue weighted by Gasteiger charge is 2.17. The van der Waals surface area contributed by atoms with E-state index in [9.17, 15) is 22.0 Å². The Balaban J connectivity index is 2.19. The van der Waals surface area contributed by atoms with Crippen LogP contribution in [0.5, 0.6) is 0 Å². The first-order valence-electron chi connectivity index (χ1n) is 7.15. The van der Waals surface area contributed by atoms with Crippen molar-refractivity contribution < 1.29 is 26.7 Å². The predicted octanol–water partition coefficient (Wildman–Crippen LogP) is 2.05. The number of esters is 1. The Morgan fingerprint density at radius 1 is 1.20 bits per heavy atom. The fourth-order valence-corrected chi connectivity index (χ4v) is 2.73. The number of benzene rings is 2. The first-order chi connectivity index (χ1) is 11.7. The molecule has 0 bridgehead atoms. The molecule has 134 valence electrons. The molecule has 2 rings (SSSR count). The predicted molar refractivity (Wildman–Crippen MR) is 87.7 cm³/mol. The van der Waals surface area contributed by atoms with Crippen molar-refractivity contribution in [1.82, 2.24) is 0 Å². The summed E-state index contributed by atoms with van der Waals surface area (Å²) in [5.74, 6) is -2.08. The molecule has 0 aliphatic carbocycles. The van der Waals surface area contributed by atoms with E-state index in [1.807, 2.05) is 0 Å². The Labute approximate surface area is 143 Å². The van der Waals surface area contributed by atoms with Gasteiger partial charge in [0.25, 0.3) is 0 Å². The summed E-state index contributed by atoms with van der Waals surface area (Å²) >= 11 is 0. The number of halogens is 2. The maximum atomic E-state index is 13.6. The summed E-state index contributed by atoms with van der Waals surface area (Å²) in [6.07, 6.45) is 0.226. The van der Waals surface area contributed by atoms with Gasteiger partial charge < -0.3 is 10.1 Å². The van der Waals surface area contributed by atoms with Crippen LogP contribution in [-0.4, -0.2) is 28.0 Å². The normalized spacial score (nSPS) is 11.2. The third-order valence-corrected chi connectivity index (χ3v) is 4.36. The first-order valence-corrected chi connectivity index (χ1v) is 8.70. The molecule has 2 aromatic rings. The van der Waals surface area contributed by atoms with Gasteiger partial charge in [0.05, 0.1) is 17.6 Å². The Hall–Kier alpha value is -2.52. The van der Waals surface area contributed by atoms with E-state index in [-0.39, 0.29) is 23.4 Å². The van der Waals surface area contributed by atoms with Crippen LogP contribution in [0.4, 0.5) is 14.5 Å². The second-order valence-electron chi connectivity index (χ2n) is 5.16. The van der Waals surface area contributed by atoms with Crippen molar-refractivity contribution in [2.24, 2.45) is 5.14 Å². The van der Waals surface area contributed by atoms with E-state index >= 15 is 0 Å². The molecular formula is C16H16F2N2O4S. The van der Waals surface area contributed by atoms with Crippen LogP contribution >= 0.6 is 0 Å². The summed E-state index contributed by atoms with van der Waals surface area (Å²) in [6, 6.07) is 6.98. The van der Waals surface area contributed by atoms with E-state index in [1.165, 1.54) is 18.2 Å². The van der Waals surface area contributed by atoms with Crippen LogP contribution in [-0.2, 0) is 21.2 Å². The van der Waals surface area contributed by atoms with Crippen molar-refractivity contribution in [2.75, 3.05) is 19.0 Å². The smallest absolute Gasteiger partial charge is 0.340 e. The maximum absolute atomic E-state index is 13.6. The minimum Gasteiger partial charge on any atom is -0.465 e. The van der Waals surface area contributed by atoms with Crippen molar-refractivity contribution in [3.8, 4) is 0 Å². The monoisotopic (exact) mass is 370 g/mol. The number of ether oxygens (including phenoxy) is 1. The molecule has 0 aliphatic heterocycles. The lowest BCUT2D eigenvalue weighted by atomic mass is 10.1. The van der Waals surface area contributed by atoms with E-state index in [0.717, 1.165) is 25.3 Å². The van der Waals surface area contributed by atoms with Crippen LogP contribution in [0, 0.1) is 11.6 Å². The first kappa shape index (κ1) is 18.8. The summed E-state index contributed by atoms with van der Waals surface area (Å²) in [4.78, 5) is 11.6. The molecule has 0 spiro atoms. The third kappa shape index (κ3) is 4.74. The summed E-state index contributed by atoms with van der Waals surface area (Å²) in [5.41, 5.74) is 0.588. The number of nitrogens with one attached hydrogen (secondary N) is 1. The molecule has 0 radical (unpaired) electrons. The fraction of sp³-hybridized carbons (Fsp3) is 0.188. The van der Waals surface area contributed by atoms with Gasteiger partial charge in [-0.15, -0.1) is 0 Å². The van der Waals surface area contributed by atoms with Crippen LogP contribution in [0.2, 0.25) is 0 Å². The number of rotatable bonds is 6. The van der Waals surface area contributed by atoms with Crippen molar-refractivity contribution in [2.45, 2.75) is 11.3 Å². The van der Waals surface area contributed by atoms with Gasteiger partial charge in [-0.2, -0.15) is 0 Å². The number of anilines is 1. The number of sulfonamides is 1. The molecule has 3 N–H and O–H groups in total. The van der Waals surface area contributed by atoms with Gasteiger partial charge in [0, 0.05) is 18.3 Å². The average Bonchev–Trinajstić information content (AvgIpc) is 2.55. The second kappa shape index (κ2) is 7.58. The van der Waals surface area contributed by atoms with Gasteiger partial charge in [0.15, 0.2) is 0 Å². The molecule has 0 atom stereocenters. The van der Waals surface area contributed by atoms with Crippen molar-refractivity contribution in [3.63, 3.8) is 0 Å². The Bertz CT molecular complexity index is 901. The van der Waals surface area contributed by atoms with Gasteiger partial charge in [-0.3, -0.25) is 0 Å². The molecule has 2 aromatic carbocycles. The van der Waals surface area contributed by atoms with Crippen LogP contribution in [0.1, 0.15) is 15.9 Å². The number of hydrogen-bond donors (Lipinski definition) is 2. The summed E-state index contributed by atoms with van der Waals surface area (Å²) < 4.78 is 53.9. The molecule has 6 nitrogen and oxygen atoms in total. The zero-order chi connectivity index (χ0) is 18.6. The third-order valence-electron chi connectivity index (χ3n) is 3.45. The van der Waals surface area contributed by atoms with E-state index in [2.05, 4.69) is 10.1 Å². The van der Waals surface area contributed by atoms with Gasteiger partial charge >= 0.3 is 5.97 Å². The number of primary sulfonamides is 1. The fourth-order valence-electron chi connectivity index (χ4n) is 2.19. The average molecular weight is 370 g/mol. The lowest BCUT2D eigenvalue weighted by Gasteiger charge is -2.12. The standard InChI is InChI=1S/C16H16F2N2O4S/c1-24-16(21)13-9-12(25(19,22)23)4-5-15(13)20-7-6-10-2-3-11(17)8-14(10)18/h2-5,8-9,20H,6-7H2,1H3,(H2,19,22,23). The minimum absolute atomic E-state index is 0.0198. The number of hydrogen-bond acceptors (Lipinski definition) is 5. The van der Waals surface area contributed by atoms with E-state index < -0.39 is 27.6 Å². The zero-order valence-electron chi connectivity index (χ0n) is 13.3. The summed E-state index contributed by atoms with van der Waals surface area (Å²) in [7, 11) is -2.82. The lowest BCUT2D eigenvalue weighted by molar-refractivity contribution is 0.0601. The minimum atomic E-state index is -3.98. The van der Waals surface area contributed by atoms with Gasteiger partial charge in [0.1, 0.15) is 11.6 Å². The highest BCUT2D eigenvalue weighted by atomic mass is 32.2. The van der Waals surface area contributed by atoms with Crippen molar-refractivity contribution in [3.05, 3.63) is 59.2 Å². The molecule has 9 heteroatoms. The van der Waals surface area contributed by atoms with Gasteiger partial charge in [-0.25, -0.2) is 27.1 Å². The highest BCUT2D eigenvalue weighted by molar-refractivity contribution is 7.89. The van der Waals surface area contributed by atoms with Gasteiger partial charge in [-0.05, 0) is 36.2 Å². The van der Waals surface area contributed by atoms with E-state index in [4.69, 9.17) is 5.14 Å². The number of methoxy groups -OCH3 is 1. The molecule has 0 saturated heterocycles. The quantitative estimate of drug-likeness (QED) is 0.759. The second-order valence-corrected chi connectivity index (χ2v) is 6.72. The molecule has 0 heterocycles. The van der Waals surface area contributed by atoms with Gasteiger partial charge in [-0.1, -0.05) is 6.07 Å². The van der Waals surface area contributed by atoms with Crippen LogP contribution in [0.3, 0.4) is 0 Å². The van der Waals surface area contributed by atoms with Crippen molar-refractivity contribution in [1.29, 1.82) is 0 Å². The molecule has 0 fully saturated rings. The topological polar surface area (TPSA) is 98.5 Å². The SMILES string of the molecule is COC(=O)c1cc(S(N)(=O)=O)ccc1NCCc1ccc(F)cc1F. The van der Waals surface area contributed by atoms with Crippen LogP contribution in [0.25, 0.3) is 0 Å². The molecule has 0 unspecified atom stereocenters. The summed E-state index contributed by atoms with van der Waals surface area (Å²) in [5, 5.41) is 7.95. The Morgan fingerprint density at radius 3 is 2.52 bits per heavy atom. The van der Waals surface area contributed by atoms with Crippen molar-refractivity contribution >= 4 is 21.7 Å². The number of carbonyl (C=O) groups is 1. The largest absolute Gasteiger partial charge is 0.465 e. The van der Waals surface area contributed by atoms with Crippen LogP contribution in [0.15, 0.2) is 41.3 Å². The molecule has 25 heavy (non-hydrogen) atoms. The summed E-state index contributed by atoms with van der Waals surface area (Å²) in [6.45, 7) is 0.223. The van der Waals surface area contributed by atoms with Gasteiger partial charge in [0.2, 0.25) is 10.0 Å². The molecule has 0 aromatic heterocycles. The molecular weight excluding hydrogens is 354 g/mol.